The Morgan fingerprint density at radius 2 is 1.92 bits per heavy atom. The minimum absolute atomic E-state index is 0.0272. The van der Waals surface area contributed by atoms with Crippen LogP contribution in [0.4, 0.5) is 0 Å². The highest BCUT2D eigenvalue weighted by Crippen LogP contribution is 2.23. The summed E-state index contributed by atoms with van der Waals surface area (Å²) in [6.45, 7) is 0. The summed E-state index contributed by atoms with van der Waals surface area (Å²) in [5.74, 6) is -0.694. The van der Waals surface area contributed by atoms with E-state index in [-0.39, 0.29) is 5.57 Å². The monoisotopic (exact) mass is 214 g/mol. The lowest BCUT2D eigenvalue weighted by atomic mass is 10.2. The number of hydrogen-bond donors (Lipinski definition) is 1. The van der Waals surface area contributed by atoms with Gasteiger partial charge in [-0.1, -0.05) is 0 Å². The summed E-state index contributed by atoms with van der Waals surface area (Å²) in [5.41, 5.74) is 4.92. The molecule has 0 rings (SSSR count). The van der Waals surface area contributed by atoms with Crippen molar-refractivity contribution in [1.82, 2.24) is 0 Å². The van der Waals surface area contributed by atoms with E-state index in [9.17, 15) is 4.79 Å². The Hall–Kier alpha value is -0.860. The molecule has 0 aliphatic heterocycles. The molecule has 3 nitrogen and oxygen atoms in total. The van der Waals surface area contributed by atoms with Gasteiger partial charge in [-0.05, 0) is 24.7 Å². The number of primary amides is 1. The second-order valence-corrected chi connectivity index (χ2v) is 3.90. The van der Waals surface area contributed by atoms with Gasteiger partial charge in [-0.15, -0.1) is 23.5 Å². The number of carbonyl (C=O) groups is 1. The molecule has 0 spiro atoms. The summed E-state index contributed by atoms with van der Waals surface area (Å²) >= 11 is 3.10. The van der Waals surface area contributed by atoms with E-state index in [4.69, 9.17) is 11.0 Å². The molecule has 0 saturated heterocycles. The molecule has 0 heterocycles. The molecule has 1 amide bonds. The van der Waals surface area contributed by atoms with Gasteiger partial charge in [-0.2, -0.15) is 5.26 Å². The topological polar surface area (TPSA) is 66.9 Å². The van der Waals surface area contributed by atoms with Crippen molar-refractivity contribution in [3.05, 3.63) is 22.0 Å². The molecule has 0 atom stereocenters. The third-order valence-corrected chi connectivity index (χ3v) is 3.25. The Labute approximate surface area is 86.1 Å². The number of nitriles is 1. The number of amides is 1. The fraction of sp³-hybridized carbons (Fsp3) is 0.250. The molecule has 0 unspecified atom stereocenters. The number of carbonyl (C=O) groups excluding carboxylic acids is 1. The molecule has 0 fully saturated rings. The normalized spacial score (nSPS) is 10.4. The molecular formula is C8H10N2OS2. The maximum atomic E-state index is 10.6. The van der Waals surface area contributed by atoms with E-state index in [1.807, 2.05) is 12.5 Å². The Balaban J connectivity index is 4.64. The van der Waals surface area contributed by atoms with Gasteiger partial charge in [0, 0.05) is 4.24 Å². The highest BCUT2D eigenvalue weighted by molar-refractivity contribution is 8.21. The van der Waals surface area contributed by atoms with E-state index >= 15 is 0 Å². The van der Waals surface area contributed by atoms with Crippen LogP contribution in [0.15, 0.2) is 22.0 Å². The van der Waals surface area contributed by atoms with Gasteiger partial charge < -0.3 is 5.73 Å². The summed E-state index contributed by atoms with van der Waals surface area (Å²) in [6.07, 6.45) is 6.99. The molecule has 0 aromatic heterocycles. The number of nitrogens with zero attached hydrogens (tertiary/aromatic N) is 1. The number of allylic oxidation sites excluding steroid dienone is 2. The molecule has 2 N–H and O–H groups in total. The van der Waals surface area contributed by atoms with E-state index in [1.54, 1.807) is 35.7 Å². The van der Waals surface area contributed by atoms with Gasteiger partial charge >= 0.3 is 0 Å². The Kier molecular flexibility index (Phi) is 6.20. The summed E-state index contributed by atoms with van der Waals surface area (Å²) in [6, 6.07) is 1.73. The summed E-state index contributed by atoms with van der Waals surface area (Å²) in [4.78, 5) is 10.6. The molecule has 0 aliphatic rings. The van der Waals surface area contributed by atoms with Crippen molar-refractivity contribution in [2.45, 2.75) is 0 Å². The van der Waals surface area contributed by atoms with Crippen molar-refractivity contribution < 1.29 is 4.79 Å². The average Bonchev–Trinajstić information content (AvgIpc) is 2.12. The number of thioether (sulfide) groups is 2. The van der Waals surface area contributed by atoms with E-state index < -0.39 is 5.91 Å². The molecule has 70 valence electrons. The van der Waals surface area contributed by atoms with Crippen LogP contribution in [0.5, 0.6) is 0 Å². The van der Waals surface area contributed by atoms with Crippen molar-refractivity contribution >= 4 is 29.4 Å². The Morgan fingerprint density at radius 3 is 2.23 bits per heavy atom. The quantitative estimate of drug-likeness (QED) is 0.437. The van der Waals surface area contributed by atoms with Crippen LogP contribution in [0.1, 0.15) is 0 Å². The molecule has 0 radical (unpaired) electrons. The van der Waals surface area contributed by atoms with E-state index in [1.165, 1.54) is 6.08 Å². The van der Waals surface area contributed by atoms with Gasteiger partial charge in [-0.25, -0.2) is 0 Å². The van der Waals surface area contributed by atoms with Crippen molar-refractivity contribution in [3.8, 4) is 6.07 Å². The second kappa shape index (κ2) is 6.63. The molecule has 0 aromatic rings. The molecule has 0 saturated carbocycles. The fourth-order valence-corrected chi connectivity index (χ4v) is 1.62. The van der Waals surface area contributed by atoms with Gasteiger partial charge in [0.15, 0.2) is 0 Å². The lowest BCUT2D eigenvalue weighted by Gasteiger charge is -1.95. The fourth-order valence-electron chi connectivity index (χ4n) is 0.545. The van der Waals surface area contributed by atoms with E-state index in [2.05, 4.69) is 0 Å². The molecular weight excluding hydrogens is 204 g/mol. The van der Waals surface area contributed by atoms with Crippen LogP contribution in [0.25, 0.3) is 0 Å². The smallest absolute Gasteiger partial charge is 0.259 e. The average molecular weight is 214 g/mol. The molecule has 13 heavy (non-hydrogen) atoms. The zero-order chi connectivity index (χ0) is 10.3. The standard InChI is InChI=1S/C8H10N2OS2/c1-12-7(13-2)4-3-6(5-9)8(10)11/h3-4H,1-2H3,(H2,10,11)/b6-3-. The minimum atomic E-state index is -0.694. The maximum absolute atomic E-state index is 10.6. The highest BCUT2D eigenvalue weighted by Gasteiger charge is 2.00. The highest BCUT2D eigenvalue weighted by atomic mass is 32.2. The summed E-state index contributed by atoms with van der Waals surface area (Å²) < 4.78 is 1.02. The molecule has 0 aliphatic carbocycles. The van der Waals surface area contributed by atoms with Gasteiger partial charge in [-0.3, -0.25) is 4.79 Å². The second-order valence-electron chi connectivity index (χ2n) is 1.95. The first-order valence-corrected chi connectivity index (χ1v) is 5.80. The molecule has 0 bridgehead atoms. The first kappa shape index (κ1) is 12.1. The van der Waals surface area contributed by atoms with Gasteiger partial charge in [0.05, 0.1) is 0 Å². The van der Waals surface area contributed by atoms with Crippen molar-refractivity contribution in [2.24, 2.45) is 5.73 Å². The first-order valence-electron chi connectivity index (χ1n) is 3.35. The predicted octanol–water partition coefficient (Wildman–Crippen LogP) is 1.49. The van der Waals surface area contributed by atoms with Crippen LogP contribution in [0.3, 0.4) is 0 Å². The Bertz CT molecular complexity index is 283. The van der Waals surface area contributed by atoms with E-state index in [0.717, 1.165) is 4.24 Å². The third kappa shape index (κ3) is 4.65. The van der Waals surface area contributed by atoms with E-state index in [0.29, 0.717) is 0 Å². The van der Waals surface area contributed by atoms with Gasteiger partial charge in [0.1, 0.15) is 11.6 Å². The SMILES string of the molecule is CSC(=C/C=C(/C#N)C(N)=O)SC. The largest absolute Gasteiger partial charge is 0.365 e. The first-order chi connectivity index (χ1) is 6.15. The third-order valence-electron chi connectivity index (χ3n) is 1.17. The zero-order valence-electron chi connectivity index (χ0n) is 7.40. The predicted molar refractivity (Wildman–Crippen MR) is 58.0 cm³/mol. The summed E-state index contributed by atoms with van der Waals surface area (Å²) in [7, 11) is 0. The number of nitrogens with two attached hydrogens (primary N) is 1. The van der Waals surface area contributed by atoms with Gasteiger partial charge in [0.25, 0.3) is 5.91 Å². The van der Waals surface area contributed by atoms with Crippen LogP contribution in [0.2, 0.25) is 0 Å². The van der Waals surface area contributed by atoms with Crippen LogP contribution in [-0.2, 0) is 4.79 Å². The maximum Gasteiger partial charge on any atom is 0.259 e. The zero-order valence-corrected chi connectivity index (χ0v) is 9.04. The minimum Gasteiger partial charge on any atom is -0.365 e. The summed E-state index contributed by atoms with van der Waals surface area (Å²) in [5, 5.41) is 8.49. The van der Waals surface area contributed by atoms with Crippen LogP contribution in [-0.4, -0.2) is 18.4 Å². The number of hydrogen-bond acceptors (Lipinski definition) is 4. The number of rotatable bonds is 4. The molecule has 0 aromatic carbocycles. The van der Waals surface area contributed by atoms with Gasteiger partial charge in [0.2, 0.25) is 0 Å². The van der Waals surface area contributed by atoms with Crippen molar-refractivity contribution in [2.75, 3.05) is 12.5 Å². The van der Waals surface area contributed by atoms with Crippen molar-refractivity contribution in [1.29, 1.82) is 5.26 Å². The molecule has 5 heteroatoms. The van der Waals surface area contributed by atoms with Crippen LogP contribution < -0.4 is 5.73 Å². The lowest BCUT2D eigenvalue weighted by molar-refractivity contribution is -0.114. The Morgan fingerprint density at radius 1 is 1.38 bits per heavy atom. The van der Waals surface area contributed by atoms with Crippen LogP contribution >= 0.6 is 23.5 Å². The lowest BCUT2D eigenvalue weighted by Crippen LogP contribution is -2.12. The van der Waals surface area contributed by atoms with Crippen molar-refractivity contribution in [3.63, 3.8) is 0 Å². The van der Waals surface area contributed by atoms with Crippen LogP contribution in [0, 0.1) is 11.3 Å².